The van der Waals surface area contributed by atoms with Crippen molar-refractivity contribution in [3.8, 4) is 0 Å². The van der Waals surface area contributed by atoms with E-state index in [0.29, 0.717) is 12.6 Å². The molecule has 1 N–H and O–H groups in total. The third kappa shape index (κ3) is 3.76. The fourth-order valence-electron chi connectivity index (χ4n) is 3.69. The molecule has 1 saturated heterocycles. The van der Waals surface area contributed by atoms with Crippen LogP contribution in [0.3, 0.4) is 0 Å². The highest BCUT2D eigenvalue weighted by atomic mass is 16.2. The number of aryl methyl sites for hydroxylation is 4. The number of anilines is 1. The highest BCUT2D eigenvalue weighted by Crippen LogP contribution is 2.21. The third-order valence-electron chi connectivity index (χ3n) is 5.11. The van der Waals surface area contributed by atoms with Gasteiger partial charge in [0.25, 0.3) is 0 Å². The van der Waals surface area contributed by atoms with E-state index < -0.39 is 0 Å². The summed E-state index contributed by atoms with van der Waals surface area (Å²) in [6.45, 7) is 10.2. The molecule has 7 nitrogen and oxygen atoms in total. The first kappa shape index (κ1) is 17.7. The van der Waals surface area contributed by atoms with E-state index >= 15 is 0 Å². The molecule has 7 heteroatoms. The minimum Gasteiger partial charge on any atom is -0.322 e. The molecular formula is C18H28N6O. The SMILES string of the molecule is Cc1cc(C)n(CC2CCCN2CC(=O)Nc2c(C)nn(C)c2C)n1. The zero-order valence-corrected chi connectivity index (χ0v) is 15.8. The number of hydrogen-bond acceptors (Lipinski definition) is 4. The van der Waals surface area contributed by atoms with Crippen LogP contribution in [0, 0.1) is 27.7 Å². The molecule has 0 aliphatic carbocycles. The van der Waals surface area contributed by atoms with Crippen LogP contribution in [0.25, 0.3) is 0 Å². The second-order valence-corrected chi connectivity index (χ2v) is 7.09. The lowest BCUT2D eigenvalue weighted by atomic mass is 10.2. The maximum absolute atomic E-state index is 12.5. The molecule has 1 fully saturated rings. The average Bonchev–Trinajstić information content (AvgIpc) is 3.16. The van der Waals surface area contributed by atoms with Crippen LogP contribution in [0.15, 0.2) is 6.07 Å². The van der Waals surface area contributed by atoms with Crippen molar-refractivity contribution in [2.45, 2.75) is 53.1 Å². The Morgan fingerprint density at radius 2 is 2.04 bits per heavy atom. The number of rotatable bonds is 5. The second-order valence-electron chi connectivity index (χ2n) is 7.09. The lowest BCUT2D eigenvalue weighted by Crippen LogP contribution is -2.39. The summed E-state index contributed by atoms with van der Waals surface area (Å²) < 4.78 is 3.86. The Kier molecular flexibility index (Phi) is 4.94. The van der Waals surface area contributed by atoms with E-state index in [-0.39, 0.29) is 5.91 Å². The molecule has 2 aromatic heterocycles. The van der Waals surface area contributed by atoms with Gasteiger partial charge in [-0.25, -0.2) is 0 Å². The van der Waals surface area contributed by atoms with E-state index in [1.165, 1.54) is 5.69 Å². The molecule has 1 aliphatic rings. The Bertz CT molecular complexity index is 775. The van der Waals surface area contributed by atoms with Gasteiger partial charge in [0.05, 0.1) is 35.9 Å². The van der Waals surface area contributed by atoms with E-state index in [1.54, 1.807) is 4.68 Å². The molecule has 1 aliphatic heterocycles. The van der Waals surface area contributed by atoms with Crippen LogP contribution < -0.4 is 5.32 Å². The van der Waals surface area contributed by atoms with Crippen molar-refractivity contribution in [2.75, 3.05) is 18.4 Å². The topological polar surface area (TPSA) is 68.0 Å². The minimum atomic E-state index is 0.0273. The Balaban J connectivity index is 1.63. The maximum Gasteiger partial charge on any atom is 0.238 e. The van der Waals surface area contributed by atoms with E-state index in [9.17, 15) is 4.79 Å². The van der Waals surface area contributed by atoms with Gasteiger partial charge in [-0.05, 0) is 53.1 Å². The van der Waals surface area contributed by atoms with E-state index in [4.69, 9.17) is 0 Å². The van der Waals surface area contributed by atoms with Gasteiger partial charge in [0.15, 0.2) is 0 Å². The van der Waals surface area contributed by atoms with Crippen molar-refractivity contribution < 1.29 is 4.79 Å². The molecule has 3 heterocycles. The van der Waals surface area contributed by atoms with Gasteiger partial charge >= 0.3 is 0 Å². The highest BCUT2D eigenvalue weighted by molar-refractivity contribution is 5.93. The molecule has 0 radical (unpaired) electrons. The molecule has 136 valence electrons. The zero-order chi connectivity index (χ0) is 18.1. The number of aromatic nitrogens is 4. The maximum atomic E-state index is 12.5. The summed E-state index contributed by atoms with van der Waals surface area (Å²) in [4.78, 5) is 14.8. The van der Waals surface area contributed by atoms with Crippen LogP contribution >= 0.6 is 0 Å². The number of nitrogens with zero attached hydrogens (tertiary/aromatic N) is 5. The van der Waals surface area contributed by atoms with Crippen LogP contribution in [0.5, 0.6) is 0 Å². The molecule has 1 unspecified atom stereocenters. The van der Waals surface area contributed by atoms with Crippen molar-refractivity contribution in [3.05, 3.63) is 28.8 Å². The molecule has 2 aromatic rings. The highest BCUT2D eigenvalue weighted by Gasteiger charge is 2.27. The lowest BCUT2D eigenvalue weighted by molar-refractivity contribution is -0.117. The Hall–Kier alpha value is -2.15. The van der Waals surface area contributed by atoms with E-state index in [0.717, 1.165) is 48.7 Å². The number of hydrogen-bond donors (Lipinski definition) is 1. The summed E-state index contributed by atoms with van der Waals surface area (Å²) in [6, 6.07) is 2.46. The number of amides is 1. The van der Waals surface area contributed by atoms with Crippen LogP contribution in [0.1, 0.15) is 35.6 Å². The minimum absolute atomic E-state index is 0.0273. The van der Waals surface area contributed by atoms with Crippen molar-refractivity contribution in [2.24, 2.45) is 7.05 Å². The molecule has 0 saturated carbocycles. The van der Waals surface area contributed by atoms with E-state index in [1.807, 2.05) is 27.8 Å². The molecule has 1 amide bonds. The van der Waals surface area contributed by atoms with Crippen LogP contribution in [0.4, 0.5) is 5.69 Å². The molecule has 0 spiro atoms. The molecule has 0 bridgehead atoms. The smallest absolute Gasteiger partial charge is 0.238 e. The van der Waals surface area contributed by atoms with Gasteiger partial charge in [0.1, 0.15) is 0 Å². The summed E-state index contributed by atoms with van der Waals surface area (Å²) in [6.07, 6.45) is 2.23. The summed E-state index contributed by atoms with van der Waals surface area (Å²) in [5.41, 5.74) is 4.89. The number of carbonyl (C=O) groups excluding carboxylic acids is 1. The van der Waals surface area contributed by atoms with Gasteiger partial charge < -0.3 is 5.32 Å². The Morgan fingerprint density at radius 1 is 1.28 bits per heavy atom. The lowest BCUT2D eigenvalue weighted by Gasteiger charge is -2.24. The quantitative estimate of drug-likeness (QED) is 0.900. The van der Waals surface area contributed by atoms with Gasteiger partial charge in [-0.15, -0.1) is 0 Å². The predicted octanol–water partition coefficient (Wildman–Crippen LogP) is 1.95. The molecular weight excluding hydrogens is 316 g/mol. The predicted molar refractivity (Wildman–Crippen MR) is 97.6 cm³/mol. The number of carbonyl (C=O) groups is 1. The molecule has 1 atom stereocenters. The fraction of sp³-hybridized carbons (Fsp3) is 0.611. The third-order valence-corrected chi connectivity index (χ3v) is 5.11. The first-order valence-electron chi connectivity index (χ1n) is 8.90. The standard InChI is InChI=1S/C18H28N6O/c1-12-9-13(2)24(20-12)10-16-7-6-8-23(16)11-17(25)19-18-14(3)21-22(5)15(18)4/h9,16H,6-8,10-11H2,1-5H3,(H,19,25). The van der Waals surface area contributed by atoms with Crippen molar-refractivity contribution in [3.63, 3.8) is 0 Å². The van der Waals surface area contributed by atoms with Crippen LogP contribution in [0.2, 0.25) is 0 Å². The normalized spacial score (nSPS) is 18.0. The number of likely N-dealkylation sites (tertiary alicyclic amines) is 1. The van der Waals surface area contributed by atoms with Gasteiger partial charge in [-0.1, -0.05) is 0 Å². The van der Waals surface area contributed by atoms with Crippen molar-refractivity contribution in [1.82, 2.24) is 24.5 Å². The van der Waals surface area contributed by atoms with Gasteiger partial charge in [0, 0.05) is 18.8 Å². The molecule has 0 aromatic carbocycles. The molecule has 3 rings (SSSR count). The van der Waals surface area contributed by atoms with Gasteiger partial charge in [0.2, 0.25) is 5.91 Å². The largest absolute Gasteiger partial charge is 0.322 e. The fourth-order valence-corrected chi connectivity index (χ4v) is 3.69. The summed E-state index contributed by atoms with van der Waals surface area (Å²) in [5.74, 6) is 0.0273. The monoisotopic (exact) mass is 344 g/mol. The Morgan fingerprint density at radius 3 is 2.64 bits per heavy atom. The zero-order valence-electron chi connectivity index (χ0n) is 15.8. The van der Waals surface area contributed by atoms with Crippen molar-refractivity contribution >= 4 is 11.6 Å². The van der Waals surface area contributed by atoms with Gasteiger partial charge in [-0.3, -0.25) is 19.1 Å². The van der Waals surface area contributed by atoms with Crippen molar-refractivity contribution in [1.29, 1.82) is 0 Å². The van der Waals surface area contributed by atoms with Gasteiger partial charge in [-0.2, -0.15) is 10.2 Å². The molecule has 25 heavy (non-hydrogen) atoms. The first-order chi connectivity index (χ1) is 11.8. The average molecular weight is 344 g/mol. The van der Waals surface area contributed by atoms with E-state index in [2.05, 4.69) is 38.1 Å². The Labute approximate surface area is 149 Å². The number of nitrogens with one attached hydrogen (secondary N) is 1. The van der Waals surface area contributed by atoms with Crippen LogP contribution in [-0.4, -0.2) is 49.5 Å². The summed E-state index contributed by atoms with van der Waals surface area (Å²) in [7, 11) is 1.89. The second kappa shape index (κ2) is 7.00. The summed E-state index contributed by atoms with van der Waals surface area (Å²) in [5, 5.41) is 12.0. The first-order valence-corrected chi connectivity index (χ1v) is 8.90. The summed E-state index contributed by atoms with van der Waals surface area (Å²) >= 11 is 0. The van der Waals surface area contributed by atoms with Crippen LogP contribution in [-0.2, 0) is 18.4 Å².